The Morgan fingerprint density at radius 2 is 2.03 bits per heavy atom. The van der Waals surface area contributed by atoms with Crippen molar-refractivity contribution in [1.82, 2.24) is 5.32 Å². The first-order valence-electron chi connectivity index (χ1n) is 11.8. The lowest BCUT2D eigenvalue weighted by atomic mass is 9.53. The summed E-state index contributed by atoms with van der Waals surface area (Å²) in [5.74, 6) is 0.121. The van der Waals surface area contributed by atoms with E-state index in [1.165, 1.54) is 5.56 Å². The zero-order chi connectivity index (χ0) is 23.8. The number of carbonyl (C=O) groups is 1. The molecule has 5 N–H and O–H groups in total. The van der Waals surface area contributed by atoms with Crippen molar-refractivity contribution in [1.29, 1.82) is 0 Å². The van der Waals surface area contributed by atoms with E-state index < -0.39 is 48.9 Å². The third-order valence-corrected chi connectivity index (χ3v) is 8.05. The first-order chi connectivity index (χ1) is 16.4. The smallest absolute Gasteiger partial charge is 0.335 e. The summed E-state index contributed by atoms with van der Waals surface area (Å²) in [7, 11) is 0. The fourth-order valence-corrected chi connectivity index (χ4v) is 6.65. The van der Waals surface area contributed by atoms with Crippen molar-refractivity contribution in [2.24, 2.45) is 5.92 Å². The van der Waals surface area contributed by atoms with Gasteiger partial charge in [0.15, 0.2) is 23.9 Å². The molecule has 3 heterocycles. The second kappa shape index (κ2) is 7.91. The molecule has 0 radical (unpaired) electrons. The number of aliphatic hydroxyl groups is 3. The number of carboxylic acid groups (broad SMARTS) is 1. The molecule has 34 heavy (non-hydrogen) atoms. The van der Waals surface area contributed by atoms with Crippen LogP contribution in [0.5, 0.6) is 11.5 Å². The molecule has 1 aromatic rings. The summed E-state index contributed by atoms with van der Waals surface area (Å²) in [4.78, 5) is 11.5. The predicted molar refractivity (Wildman–Crippen MR) is 116 cm³/mol. The molecule has 2 bridgehead atoms. The molecule has 10 atom stereocenters. The molecule has 2 fully saturated rings. The van der Waals surface area contributed by atoms with Gasteiger partial charge in [-0.05, 0) is 37.9 Å². The molecule has 10 nitrogen and oxygen atoms in total. The van der Waals surface area contributed by atoms with Crippen molar-refractivity contribution in [3.8, 4) is 11.5 Å². The summed E-state index contributed by atoms with van der Waals surface area (Å²) in [5, 5.41) is 43.7. The molecule has 1 spiro atoms. The lowest BCUT2D eigenvalue weighted by Crippen LogP contribution is -2.66. The standard InChI is InChI=1S/C24H29NO9/c1-2-31-13-5-3-10-9-12-11-4-6-14(21-24(11,7-8-25-12)15(10)19(13)33-21)32-23-18(28)16(26)17(27)20(34-23)22(29)30/h3-6,11-12,14,16-18,20-21,23,25-28H,2,7-9H2,1H3,(H,29,30)/t11-,12+,14-,16-,17-,18+,20-,21-,23+,24-/m0/s1. The van der Waals surface area contributed by atoms with Crippen LogP contribution in [0.1, 0.15) is 24.5 Å². The van der Waals surface area contributed by atoms with Gasteiger partial charge in [-0.3, -0.25) is 0 Å². The zero-order valence-corrected chi connectivity index (χ0v) is 18.7. The van der Waals surface area contributed by atoms with Gasteiger partial charge >= 0.3 is 5.97 Å². The van der Waals surface area contributed by atoms with Gasteiger partial charge < -0.3 is 44.7 Å². The summed E-state index contributed by atoms with van der Waals surface area (Å²) >= 11 is 0. The number of aliphatic hydroxyl groups excluding tert-OH is 3. The first kappa shape index (κ1) is 22.3. The molecule has 1 aromatic carbocycles. The van der Waals surface area contributed by atoms with Crippen molar-refractivity contribution in [2.75, 3.05) is 13.2 Å². The van der Waals surface area contributed by atoms with Crippen molar-refractivity contribution in [2.45, 2.75) is 74.1 Å². The van der Waals surface area contributed by atoms with Gasteiger partial charge in [-0.2, -0.15) is 0 Å². The van der Waals surface area contributed by atoms with Crippen LogP contribution in [0.2, 0.25) is 0 Å². The minimum atomic E-state index is -1.77. The number of ether oxygens (including phenoxy) is 4. The largest absolute Gasteiger partial charge is 0.490 e. The van der Waals surface area contributed by atoms with Crippen LogP contribution in [-0.2, 0) is 26.1 Å². The second-order valence-electron chi connectivity index (χ2n) is 9.70. The third-order valence-electron chi connectivity index (χ3n) is 8.05. The molecule has 3 aliphatic heterocycles. The number of rotatable bonds is 5. The van der Waals surface area contributed by atoms with Gasteiger partial charge in [0.2, 0.25) is 0 Å². The number of nitrogens with one attached hydrogen (secondary N) is 1. The quantitative estimate of drug-likeness (QED) is 0.352. The van der Waals surface area contributed by atoms with Crippen LogP contribution in [0.25, 0.3) is 0 Å². The monoisotopic (exact) mass is 475 g/mol. The average molecular weight is 475 g/mol. The molecule has 10 heteroatoms. The molecule has 2 aliphatic carbocycles. The molecule has 0 amide bonds. The van der Waals surface area contributed by atoms with Gasteiger partial charge in [-0.15, -0.1) is 0 Å². The Kier molecular flexibility index (Phi) is 5.18. The molecule has 0 aromatic heterocycles. The number of aliphatic carboxylic acids is 1. The Bertz CT molecular complexity index is 1030. The van der Waals surface area contributed by atoms with E-state index in [1.54, 1.807) is 0 Å². The van der Waals surface area contributed by atoms with Gasteiger partial charge in [0.1, 0.15) is 30.5 Å². The molecule has 0 unspecified atom stereocenters. The minimum absolute atomic E-state index is 0.174. The summed E-state index contributed by atoms with van der Waals surface area (Å²) in [6, 6.07) is 4.29. The van der Waals surface area contributed by atoms with E-state index in [1.807, 2.05) is 19.1 Å². The fraction of sp³-hybridized carbons (Fsp3) is 0.625. The van der Waals surface area contributed by atoms with E-state index in [9.17, 15) is 25.2 Å². The highest BCUT2D eigenvalue weighted by Gasteiger charge is 2.64. The molecular formula is C24H29NO9. The number of piperidine rings is 1. The number of carboxylic acids is 1. The van der Waals surface area contributed by atoms with E-state index in [-0.39, 0.29) is 17.4 Å². The van der Waals surface area contributed by atoms with Crippen LogP contribution < -0.4 is 14.8 Å². The Hall–Kier alpha value is -2.21. The van der Waals surface area contributed by atoms with Gasteiger partial charge in [0.05, 0.1) is 6.61 Å². The van der Waals surface area contributed by atoms with Crippen molar-refractivity contribution < 1.29 is 44.2 Å². The van der Waals surface area contributed by atoms with Crippen molar-refractivity contribution >= 4 is 5.97 Å². The van der Waals surface area contributed by atoms with E-state index in [4.69, 9.17) is 18.9 Å². The van der Waals surface area contributed by atoms with E-state index in [0.29, 0.717) is 12.4 Å². The van der Waals surface area contributed by atoms with E-state index >= 15 is 0 Å². The molecular weight excluding hydrogens is 446 g/mol. The average Bonchev–Trinajstić information content (AvgIpc) is 3.16. The maximum atomic E-state index is 11.5. The first-order valence-corrected chi connectivity index (χ1v) is 11.8. The van der Waals surface area contributed by atoms with Gasteiger partial charge in [-0.1, -0.05) is 18.2 Å². The normalized spacial score (nSPS) is 43.7. The SMILES string of the molecule is CCOc1ccc2c3c1O[C@H]1[C@@H](O[C@@H]4O[C@H](C(=O)O)[C@@H](O)[C@H](O)[C@H]4O)C=C[C@H]4[C@@H](C2)NCC[C@@]341. The topological polar surface area (TPSA) is 147 Å². The van der Waals surface area contributed by atoms with Gasteiger partial charge in [0.25, 0.3) is 0 Å². The molecule has 6 rings (SSSR count). The lowest BCUT2D eigenvalue weighted by molar-refractivity contribution is -0.307. The van der Waals surface area contributed by atoms with Crippen molar-refractivity contribution in [3.05, 3.63) is 35.4 Å². The lowest BCUT2D eigenvalue weighted by Gasteiger charge is -2.54. The third kappa shape index (κ3) is 2.93. The van der Waals surface area contributed by atoms with Crippen LogP contribution in [0.3, 0.4) is 0 Å². The number of benzene rings is 1. The van der Waals surface area contributed by atoms with Crippen LogP contribution in [0.15, 0.2) is 24.3 Å². The molecule has 184 valence electrons. The number of hydrogen-bond acceptors (Lipinski definition) is 9. The van der Waals surface area contributed by atoms with E-state index in [2.05, 4.69) is 17.5 Å². The van der Waals surface area contributed by atoms with Crippen LogP contribution in [0, 0.1) is 5.92 Å². The Morgan fingerprint density at radius 1 is 1.21 bits per heavy atom. The van der Waals surface area contributed by atoms with Gasteiger partial charge in [-0.25, -0.2) is 4.79 Å². The Labute approximate surface area is 196 Å². The van der Waals surface area contributed by atoms with Crippen LogP contribution >= 0.6 is 0 Å². The summed E-state index contributed by atoms with van der Waals surface area (Å²) in [6.45, 7) is 3.23. The maximum Gasteiger partial charge on any atom is 0.335 e. The molecule has 5 aliphatic rings. The highest BCUT2D eigenvalue weighted by molar-refractivity contribution is 5.73. The Balaban J connectivity index is 1.38. The highest BCUT2D eigenvalue weighted by Crippen LogP contribution is 2.61. The van der Waals surface area contributed by atoms with Crippen LogP contribution in [-0.4, -0.2) is 88.5 Å². The number of hydrogen-bond donors (Lipinski definition) is 5. The molecule has 0 saturated carbocycles. The van der Waals surface area contributed by atoms with E-state index in [0.717, 1.165) is 30.7 Å². The summed E-state index contributed by atoms with van der Waals surface area (Å²) in [6.07, 6.45) is -3.77. The predicted octanol–water partition coefficient (Wildman–Crippen LogP) is -0.534. The summed E-state index contributed by atoms with van der Waals surface area (Å²) in [5.41, 5.74) is 1.99. The zero-order valence-electron chi connectivity index (χ0n) is 18.7. The second-order valence-corrected chi connectivity index (χ2v) is 9.70. The van der Waals surface area contributed by atoms with Gasteiger partial charge in [0, 0.05) is 22.9 Å². The fourth-order valence-electron chi connectivity index (χ4n) is 6.65. The van der Waals surface area contributed by atoms with Crippen molar-refractivity contribution in [3.63, 3.8) is 0 Å². The molecule has 2 saturated heterocycles. The van der Waals surface area contributed by atoms with Crippen LogP contribution in [0.4, 0.5) is 0 Å². The summed E-state index contributed by atoms with van der Waals surface area (Å²) < 4.78 is 24.0. The Morgan fingerprint density at radius 3 is 2.79 bits per heavy atom. The highest BCUT2D eigenvalue weighted by atomic mass is 16.7. The minimum Gasteiger partial charge on any atom is -0.490 e. The maximum absolute atomic E-state index is 11.5.